The van der Waals surface area contributed by atoms with Crippen molar-refractivity contribution in [3.8, 4) is 21.6 Å². The number of rotatable bonds is 23. The number of hydrogen-bond acceptors (Lipinski definition) is 12. The number of halogens is 2. The highest BCUT2D eigenvalue weighted by atomic mass is 32.1. The minimum absolute atomic E-state index is 0.0113. The molecule has 0 unspecified atom stereocenters. The third kappa shape index (κ3) is 15.0. The van der Waals surface area contributed by atoms with Crippen LogP contribution in [0.4, 0.5) is 25.1 Å². The molecular weight excluding hydrogens is 1080 g/mol. The van der Waals surface area contributed by atoms with Gasteiger partial charge in [0.15, 0.2) is 5.82 Å². The Labute approximate surface area is 489 Å². The topological polar surface area (TPSA) is 221 Å². The molecule has 5 aromatic rings. The summed E-state index contributed by atoms with van der Waals surface area (Å²) in [6, 6.07) is 9.59. The van der Waals surface area contributed by atoms with Crippen LogP contribution in [0.1, 0.15) is 150 Å². The summed E-state index contributed by atoms with van der Waals surface area (Å²) < 4.78 is 39.4. The van der Waals surface area contributed by atoms with Crippen molar-refractivity contribution in [2.75, 3.05) is 51.3 Å². The number of hydrogen-bond donors (Lipinski definition) is 5. The average molecular weight is 1170 g/mol. The number of β-amino-alcohol motifs (C(OH)–C–C–N with tert-alkyl or cyclic N) is 1. The molecule has 5 N–H and O–H groups in total. The number of aliphatic hydroxyl groups is 1. The van der Waals surface area contributed by atoms with Crippen LogP contribution < -0.4 is 26.2 Å². The van der Waals surface area contributed by atoms with Crippen molar-refractivity contribution in [1.29, 1.82) is 0 Å². The number of carbonyl (C=O) groups is 5. The van der Waals surface area contributed by atoms with Gasteiger partial charge >= 0.3 is 6.03 Å². The third-order valence-corrected chi connectivity index (χ3v) is 17.6. The van der Waals surface area contributed by atoms with Crippen LogP contribution in [0.2, 0.25) is 0 Å². The fourth-order valence-electron chi connectivity index (χ4n) is 12.0. The number of ether oxygens (including phenoxy) is 1. The lowest BCUT2D eigenvalue weighted by molar-refractivity contribution is -0.144. The number of anilines is 2. The van der Waals surface area contributed by atoms with Crippen molar-refractivity contribution in [1.82, 2.24) is 55.6 Å². The van der Waals surface area contributed by atoms with Crippen LogP contribution >= 0.6 is 11.3 Å². The number of likely N-dealkylation sites (tertiary alicyclic amines) is 1. The van der Waals surface area contributed by atoms with Crippen molar-refractivity contribution in [3.63, 3.8) is 0 Å². The van der Waals surface area contributed by atoms with E-state index in [9.17, 15) is 29.1 Å². The maximum Gasteiger partial charge on any atom is 0.317 e. The standard InChI is InChI=1S/C61H82F2N12O7S/c1-39-54(83-38-67-39)41-19-17-40(18-20-41)32-66-58(79)51-30-45(76)35-74(51)59(80)55(61(2,3)4)69-52(77)16-12-10-8-6-7-9-11-13-24-65-53(78)37-72-34-43(33-68-72)46-29-42-15-14-25-73(50(42)31-47(46)56(62)63)57-48-36-71(60(81)64-5)26-21-49(48)75(70-57)44-22-27-82-28-23-44/h17-20,29,31,33-34,38,44-45,51,55-56,76H,6-16,21-28,30,32,35-37H2,1-5H3,(H,64,81)(H,65,78)(H,66,79)(H,69,77)/t45-,51-,55+/m0/s1. The Morgan fingerprint density at radius 3 is 2.34 bits per heavy atom. The Kier molecular flexibility index (Phi) is 20.3. The summed E-state index contributed by atoms with van der Waals surface area (Å²) in [6.07, 6.45) is 11.0. The first-order chi connectivity index (χ1) is 40.0. The molecule has 6 amide bonds. The summed E-state index contributed by atoms with van der Waals surface area (Å²) in [7, 11) is 1.62. The smallest absolute Gasteiger partial charge is 0.317 e. The van der Waals surface area contributed by atoms with Crippen LogP contribution in [0.25, 0.3) is 21.6 Å². The molecular formula is C61H82F2N12O7S. The monoisotopic (exact) mass is 1160 g/mol. The molecule has 19 nitrogen and oxygen atoms in total. The molecule has 0 spiro atoms. The molecule has 3 atom stereocenters. The van der Waals surface area contributed by atoms with Gasteiger partial charge < -0.3 is 45.8 Å². The van der Waals surface area contributed by atoms with Gasteiger partial charge in [0.05, 0.1) is 41.0 Å². The molecule has 2 aromatic carbocycles. The summed E-state index contributed by atoms with van der Waals surface area (Å²) in [4.78, 5) is 77.3. The molecule has 22 heteroatoms. The minimum Gasteiger partial charge on any atom is -0.391 e. The lowest BCUT2D eigenvalue weighted by Crippen LogP contribution is -2.57. The molecule has 9 rings (SSSR count). The second-order valence-electron chi connectivity index (χ2n) is 23.7. The first-order valence-electron chi connectivity index (χ1n) is 29.7. The van der Waals surface area contributed by atoms with Gasteiger partial charge in [-0.05, 0) is 85.3 Å². The number of aliphatic hydroxyl groups excluding tert-OH is 1. The van der Waals surface area contributed by atoms with E-state index >= 15 is 8.78 Å². The number of aromatic nitrogens is 5. The molecule has 0 radical (unpaired) electrons. The number of thiazole rings is 1. The van der Waals surface area contributed by atoms with Gasteiger partial charge in [-0.2, -0.15) is 10.2 Å². The second-order valence-corrected chi connectivity index (χ2v) is 24.5. The maximum atomic E-state index is 15.1. The first-order valence-corrected chi connectivity index (χ1v) is 30.6. The van der Waals surface area contributed by atoms with Gasteiger partial charge in [-0.3, -0.25) is 28.5 Å². The molecule has 0 aliphatic carbocycles. The van der Waals surface area contributed by atoms with E-state index in [1.165, 1.54) is 15.8 Å². The summed E-state index contributed by atoms with van der Waals surface area (Å²) in [6.45, 7) is 11.2. The first kappa shape index (κ1) is 60.8. The fraction of sp³-hybridized carbons (Fsp3) is 0.574. The normalized spacial score (nSPS) is 17.8. The summed E-state index contributed by atoms with van der Waals surface area (Å²) in [5.41, 5.74) is 8.51. The van der Waals surface area contributed by atoms with E-state index in [2.05, 4.69) is 40.9 Å². The van der Waals surface area contributed by atoms with E-state index in [1.54, 1.807) is 35.5 Å². The van der Waals surface area contributed by atoms with Gasteiger partial charge in [0.1, 0.15) is 18.6 Å². The average Bonchev–Trinajstić information content (AvgIpc) is 3.83. The molecule has 3 aromatic heterocycles. The highest BCUT2D eigenvalue weighted by Gasteiger charge is 2.44. The van der Waals surface area contributed by atoms with Gasteiger partial charge in [-0.1, -0.05) is 83.6 Å². The number of alkyl halides is 2. The molecule has 83 heavy (non-hydrogen) atoms. The number of aryl methyl sites for hydroxylation is 2. The largest absolute Gasteiger partial charge is 0.391 e. The number of unbranched alkanes of at least 4 members (excludes halogenated alkanes) is 7. The van der Waals surface area contributed by atoms with Crippen LogP contribution in [-0.4, -0.2) is 134 Å². The summed E-state index contributed by atoms with van der Waals surface area (Å²) in [5, 5.41) is 31.8. The van der Waals surface area contributed by atoms with Crippen molar-refractivity contribution in [2.24, 2.45) is 5.41 Å². The van der Waals surface area contributed by atoms with Crippen LogP contribution in [0.5, 0.6) is 0 Å². The highest BCUT2D eigenvalue weighted by Crippen LogP contribution is 2.44. The molecule has 2 fully saturated rings. The zero-order chi connectivity index (χ0) is 58.8. The van der Waals surface area contributed by atoms with Crippen LogP contribution in [-0.2, 0) is 56.4 Å². The zero-order valence-electron chi connectivity index (χ0n) is 48.7. The number of nitrogens with zero attached hydrogens (tertiary/aromatic N) is 8. The van der Waals surface area contributed by atoms with Crippen LogP contribution in [0, 0.1) is 12.3 Å². The Bertz CT molecular complexity index is 3060. The number of fused-ring (bicyclic) bond motifs is 2. The van der Waals surface area contributed by atoms with E-state index in [4.69, 9.17) is 9.84 Å². The predicted molar refractivity (Wildman–Crippen MR) is 314 cm³/mol. The van der Waals surface area contributed by atoms with Gasteiger partial charge in [0.25, 0.3) is 6.43 Å². The van der Waals surface area contributed by atoms with E-state index in [0.29, 0.717) is 81.3 Å². The Morgan fingerprint density at radius 1 is 0.904 bits per heavy atom. The molecule has 0 saturated carbocycles. The third-order valence-electron chi connectivity index (χ3n) is 16.6. The lowest BCUT2D eigenvalue weighted by Gasteiger charge is -2.35. The van der Waals surface area contributed by atoms with Crippen molar-refractivity contribution >= 4 is 52.5 Å². The lowest BCUT2D eigenvalue weighted by atomic mass is 9.85. The molecule has 4 aliphatic heterocycles. The Morgan fingerprint density at radius 2 is 1.64 bits per heavy atom. The van der Waals surface area contributed by atoms with Gasteiger partial charge in [-0.25, -0.2) is 18.6 Å². The maximum absolute atomic E-state index is 15.1. The van der Waals surface area contributed by atoms with Crippen LogP contribution in [0.3, 0.4) is 0 Å². The molecule has 7 heterocycles. The molecule has 0 bridgehead atoms. The number of benzene rings is 2. The minimum atomic E-state index is -2.77. The quantitative estimate of drug-likeness (QED) is 0.0390. The number of carbonyl (C=O) groups excluding carboxylic acids is 5. The highest BCUT2D eigenvalue weighted by molar-refractivity contribution is 7.13. The van der Waals surface area contributed by atoms with E-state index in [1.807, 2.05) is 63.5 Å². The van der Waals surface area contributed by atoms with E-state index in [0.717, 1.165) is 103 Å². The molecule has 2 saturated heterocycles. The van der Waals surface area contributed by atoms with Crippen molar-refractivity contribution < 1.29 is 42.6 Å². The van der Waals surface area contributed by atoms with Gasteiger partial charge in [-0.15, -0.1) is 11.3 Å². The van der Waals surface area contributed by atoms with E-state index < -0.39 is 30.0 Å². The molecule has 448 valence electrons. The summed E-state index contributed by atoms with van der Waals surface area (Å²) in [5.74, 6) is -0.461. The number of urea groups is 1. The van der Waals surface area contributed by atoms with Gasteiger partial charge in [0, 0.05) is 107 Å². The van der Waals surface area contributed by atoms with Gasteiger partial charge in [0.2, 0.25) is 23.6 Å². The number of amides is 6. The zero-order valence-corrected chi connectivity index (χ0v) is 49.5. The van der Waals surface area contributed by atoms with Crippen molar-refractivity contribution in [2.45, 2.75) is 174 Å². The van der Waals surface area contributed by atoms with Crippen molar-refractivity contribution in [3.05, 3.63) is 87.9 Å². The SMILES string of the molecule is CNC(=O)N1CCc2c(c(N3CCCc4cc(-c5cnn(CC(=O)NCCCCCCCCCCC(=O)N[C@H](C(=O)N6C[C@@H](O)C[C@H]6C(=O)NCc6ccc(-c7scnc7C)cc6)C(C)(C)C)c5)c(C(F)F)cc43)nn2C2CCOCC2)C1. The fourth-order valence-corrected chi connectivity index (χ4v) is 12.8. The Balaban J connectivity index is 0.679. The summed E-state index contributed by atoms with van der Waals surface area (Å²) >= 11 is 1.57. The Hall–Kier alpha value is -6.78. The van der Waals surface area contributed by atoms with E-state index in [-0.39, 0.29) is 73.7 Å². The molecule has 4 aliphatic rings. The second kappa shape index (κ2) is 27.7. The van der Waals surface area contributed by atoms with Crippen LogP contribution in [0.15, 0.2) is 54.3 Å². The number of nitrogens with one attached hydrogen (secondary N) is 4. The predicted octanol–water partition coefficient (Wildman–Crippen LogP) is 8.69.